The van der Waals surface area contributed by atoms with Crippen LogP contribution in [0, 0.1) is 0 Å². The van der Waals surface area contributed by atoms with Crippen LogP contribution in [-0.2, 0) is 11.3 Å². The first-order chi connectivity index (χ1) is 10.5. The predicted molar refractivity (Wildman–Crippen MR) is 85.8 cm³/mol. The molecule has 7 heteroatoms. The SMILES string of the molecule is CN=C(NCCN1CCOC(C)(C)C1)N(C)Cc1ccon1. The van der Waals surface area contributed by atoms with Gasteiger partial charge in [-0.1, -0.05) is 5.16 Å². The first kappa shape index (κ1) is 16.8. The van der Waals surface area contributed by atoms with Gasteiger partial charge in [-0.05, 0) is 13.8 Å². The van der Waals surface area contributed by atoms with Gasteiger partial charge in [0, 0.05) is 46.3 Å². The Morgan fingerprint density at radius 2 is 2.36 bits per heavy atom. The molecule has 1 saturated heterocycles. The van der Waals surface area contributed by atoms with E-state index in [-0.39, 0.29) is 5.60 Å². The standard InChI is InChI=1S/C15H27N5O2/c1-15(2)12-20(8-10-21-15)7-6-17-14(16-3)19(4)11-13-5-9-22-18-13/h5,9H,6-8,10-12H2,1-4H3,(H,16,17). The lowest BCUT2D eigenvalue weighted by atomic mass is 10.1. The van der Waals surface area contributed by atoms with E-state index in [9.17, 15) is 0 Å². The second-order valence-electron chi connectivity index (χ2n) is 6.21. The topological polar surface area (TPSA) is 66.1 Å². The summed E-state index contributed by atoms with van der Waals surface area (Å²) in [6.07, 6.45) is 1.58. The van der Waals surface area contributed by atoms with E-state index in [0.717, 1.165) is 44.4 Å². The van der Waals surface area contributed by atoms with Crippen LogP contribution < -0.4 is 5.32 Å². The van der Waals surface area contributed by atoms with Crippen LogP contribution in [0.4, 0.5) is 0 Å². The van der Waals surface area contributed by atoms with Crippen molar-refractivity contribution in [3.63, 3.8) is 0 Å². The molecule has 1 aliphatic heterocycles. The Hall–Kier alpha value is -1.60. The molecule has 0 saturated carbocycles. The summed E-state index contributed by atoms with van der Waals surface area (Å²) in [5.41, 5.74) is 0.837. The molecule has 1 aromatic heterocycles. The van der Waals surface area contributed by atoms with Gasteiger partial charge >= 0.3 is 0 Å². The third kappa shape index (κ3) is 4.99. The van der Waals surface area contributed by atoms with Gasteiger partial charge in [-0.2, -0.15) is 0 Å². The van der Waals surface area contributed by atoms with Crippen LogP contribution in [0.25, 0.3) is 0 Å². The number of aliphatic imine (C=N–C) groups is 1. The van der Waals surface area contributed by atoms with Crippen molar-refractivity contribution >= 4 is 5.96 Å². The Labute approximate surface area is 132 Å². The number of guanidine groups is 1. The number of morpholine rings is 1. The van der Waals surface area contributed by atoms with Gasteiger partial charge in [-0.3, -0.25) is 9.89 Å². The molecular weight excluding hydrogens is 282 g/mol. The zero-order chi connectivity index (χ0) is 16.0. The van der Waals surface area contributed by atoms with Crippen LogP contribution in [0.3, 0.4) is 0 Å². The van der Waals surface area contributed by atoms with Crippen LogP contribution in [-0.4, -0.2) is 73.4 Å². The maximum atomic E-state index is 5.73. The fraction of sp³-hybridized carbons (Fsp3) is 0.733. The molecule has 0 radical (unpaired) electrons. The van der Waals surface area contributed by atoms with Crippen molar-refractivity contribution in [2.75, 3.05) is 46.9 Å². The number of aromatic nitrogens is 1. The highest BCUT2D eigenvalue weighted by molar-refractivity contribution is 5.79. The fourth-order valence-corrected chi connectivity index (χ4v) is 2.65. The summed E-state index contributed by atoms with van der Waals surface area (Å²) >= 11 is 0. The monoisotopic (exact) mass is 309 g/mol. The highest BCUT2D eigenvalue weighted by Crippen LogP contribution is 2.15. The molecule has 0 amide bonds. The van der Waals surface area contributed by atoms with Gasteiger partial charge in [0.2, 0.25) is 0 Å². The highest BCUT2D eigenvalue weighted by atomic mass is 16.5. The summed E-state index contributed by atoms with van der Waals surface area (Å²) < 4.78 is 10.6. The van der Waals surface area contributed by atoms with Crippen LogP contribution >= 0.6 is 0 Å². The van der Waals surface area contributed by atoms with Gasteiger partial charge in [-0.25, -0.2) is 0 Å². The summed E-state index contributed by atoms with van der Waals surface area (Å²) in [6.45, 7) is 9.51. The van der Waals surface area contributed by atoms with Gasteiger partial charge in [0.25, 0.3) is 0 Å². The van der Waals surface area contributed by atoms with E-state index in [1.807, 2.05) is 18.0 Å². The Kier molecular flexibility index (Phi) is 5.79. The molecule has 124 valence electrons. The van der Waals surface area contributed by atoms with E-state index in [1.54, 1.807) is 13.3 Å². The quantitative estimate of drug-likeness (QED) is 0.641. The smallest absolute Gasteiger partial charge is 0.193 e. The van der Waals surface area contributed by atoms with Gasteiger partial charge < -0.3 is 19.5 Å². The van der Waals surface area contributed by atoms with Gasteiger partial charge in [0.1, 0.15) is 12.0 Å². The van der Waals surface area contributed by atoms with Crippen LogP contribution in [0.15, 0.2) is 21.8 Å². The van der Waals surface area contributed by atoms with E-state index in [4.69, 9.17) is 9.26 Å². The third-order valence-corrected chi connectivity index (χ3v) is 3.68. The summed E-state index contributed by atoms with van der Waals surface area (Å²) in [7, 11) is 3.78. The molecule has 0 bridgehead atoms. The number of nitrogens with zero attached hydrogens (tertiary/aromatic N) is 4. The van der Waals surface area contributed by atoms with Crippen molar-refractivity contribution in [1.29, 1.82) is 0 Å². The van der Waals surface area contributed by atoms with Gasteiger partial charge in [0.15, 0.2) is 5.96 Å². The van der Waals surface area contributed by atoms with E-state index >= 15 is 0 Å². The van der Waals surface area contributed by atoms with Crippen molar-refractivity contribution < 1.29 is 9.26 Å². The average Bonchev–Trinajstić information content (AvgIpc) is 2.95. The number of hydrogen-bond acceptors (Lipinski definition) is 5. The van der Waals surface area contributed by atoms with Crippen molar-refractivity contribution in [3.05, 3.63) is 18.0 Å². The fourth-order valence-electron chi connectivity index (χ4n) is 2.65. The Morgan fingerprint density at radius 3 is 3.00 bits per heavy atom. The summed E-state index contributed by atoms with van der Waals surface area (Å²) in [4.78, 5) is 8.76. The molecule has 0 unspecified atom stereocenters. The van der Waals surface area contributed by atoms with Crippen molar-refractivity contribution in [2.24, 2.45) is 4.99 Å². The lowest BCUT2D eigenvalue weighted by molar-refractivity contribution is -0.0852. The first-order valence-electron chi connectivity index (χ1n) is 7.67. The molecule has 22 heavy (non-hydrogen) atoms. The minimum absolute atomic E-state index is 0.0519. The number of nitrogens with one attached hydrogen (secondary N) is 1. The maximum Gasteiger partial charge on any atom is 0.193 e. The molecule has 0 atom stereocenters. The van der Waals surface area contributed by atoms with E-state index < -0.39 is 0 Å². The maximum absolute atomic E-state index is 5.73. The largest absolute Gasteiger partial charge is 0.373 e. The average molecular weight is 309 g/mol. The second-order valence-corrected chi connectivity index (χ2v) is 6.21. The minimum atomic E-state index is -0.0519. The molecule has 1 N–H and O–H groups in total. The zero-order valence-electron chi connectivity index (χ0n) is 14.0. The number of hydrogen-bond donors (Lipinski definition) is 1. The molecule has 1 aromatic rings. The number of rotatable bonds is 5. The number of ether oxygens (including phenoxy) is 1. The minimum Gasteiger partial charge on any atom is -0.373 e. The molecule has 0 spiro atoms. The molecule has 7 nitrogen and oxygen atoms in total. The molecule has 1 aliphatic rings. The lowest BCUT2D eigenvalue weighted by Gasteiger charge is -2.38. The summed E-state index contributed by atoms with van der Waals surface area (Å²) in [6, 6.07) is 1.86. The molecule has 2 rings (SSSR count). The van der Waals surface area contributed by atoms with Crippen molar-refractivity contribution in [1.82, 2.24) is 20.3 Å². The van der Waals surface area contributed by atoms with E-state index in [0.29, 0.717) is 6.54 Å². The summed E-state index contributed by atoms with van der Waals surface area (Å²) in [5, 5.41) is 7.31. The molecular formula is C15H27N5O2. The van der Waals surface area contributed by atoms with Crippen LogP contribution in [0.1, 0.15) is 19.5 Å². The molecule has 0 aliphatic carbocycles. The Bertz CT molecular complexity index is 472. The summed E-state index contributed by atoms with van der Waals surface area (Å²) in [5.74, 6) is 0.857. The molecule has 1 fully saturated rings. The van der Waals surface area contributed by atoms with Crippen molar-refractivity contribution in [2.45, 2.75) is 26.0 Å². The Morgan fingerprint density at radius 1 is 1.55 bits per heavy atom. The zero-order valence-corrected chi connectivity index (χ0v) is 14.0. The van der Waals surface area contributed by atoms with Crippen molar-refractivity contribution in [3.8, 4) is 0 Å². The van der Waals surface area contributed by atoms with E-state index in [1.165, 1.54) is 0 Å². The first-order valence-corrected chi connectivity index (χ1v) is 7.67. The van der Waals surface area contributed by atoms with Gasteiger partial charge in [0.05, 0.1) is 18.8 Å². The van der Waals surface area contributed by atoms with Crippen LogP contribution in [0.2, 0.25) is 0 Å². The second kappa shape index (κ2) is 7.60. The predicted octanol–water partition coefficient (Wildman–Crippen LogP) is 0.793. The normalized spacial score (nSPS) is 19.2. The molecule has 0 aromatic carbocycles. The lowest BCUT2D eigenvalue weighted by Crippen LogP contribution is -2.50. The van der Waals surface area contributed by atoms with Gasteiger partial charge in [-0.15, -0.1) is 0 Å². The highest BCUT2D eigenvalue weighted by Gasteiger charge is 2.26. The van der Waals surface area contributed by atoms with E-state index in [2.05, 4.69) is 34.2 Å². The third-order valence-electron chi connectivity index (χ3n) is 3.68. The molecule has 2 heterocycles. The van der Waals surface area contributed by atoms with Crippen LogP contribution in [0.5, 0.6) is 0 Å². The Balaban J connectivity index is 1.74.